The zero-order chi connectivity index (χ0) is 17.5. The summed E-state index contributed by atoms with van der Waals surface area (Å²) in [5.74, 6) is 0.378. The normalized spacial score (nSPS) is 13.2. The van der Waals surface area contributed by atoms with Gasteiger partial charge in [0, 0.05) is 5.02 Å². The van der Waals surface area contributed by atoms with Crippen LogP contribution in [0.2, 0.25) is 5.02 Å². The van der Waals surface area contributed by atoms with E-state index in [0.29, 0.717) is 23.0 Å². The Bertz CT molecular complexity index is 679. The lowest BCUT2D eigenvalue weighted by molar-refractivity contribution is -0.875. The molecule has 0 heterocycles. The Labute approximate surface area is 146 Å². The number of anilines is 1. The maximum atomic E-state index is 12.2. The Hall–Kier alpha value is -2.08. The van der Waals surface area contributed by atoms with E-state index in [1.165, 1.54) is 7.11 Å². The second kappa shape index (κ2) is 8.68. The summed E-state index contributed by atoms with van der Waals surface area (Å²) in [6.45, 7) is 0.656. The molecule has 1 amide bonds. The lowest BCUT2D eigenvalue weighted by Crippen LogP contribution is -3.10. The molecule has 0 fully saturated rings. The second-order valence-corrected chi connectivity index (χ2v) is 6.09. The van der Waals surface area contributed by atoms with Gasteiger partial charge in [0.25, 0.3) is 5.91 Å². The number of likely N-dealkylation sites (N-methyl/N-ethyl adjacent to an activating group) is 1. The van der Waals surface area contributed by atoms with E-state index in [2.05, 4.69) is 5.32 Å². The van der Waals surface area contributed by atoms with E-state index in [0.717, 1.165) is 10.5 Å². The molecule has 2 atom stereocenters. The first-order valence-electron chi connectivity index (χ1n) is 7.67. The van der Waals surface area contributed by atoms with Crippen LogP contribution in [0.3, 0.4) is 0 Å². The highest BCUT2D eigenvalue weighted by Crippen LogP contribution is 2.27. The fourth-order valence-electron chi connectivity index (χ4n) is 2.44. The lowest BCUT2D eigenvalue weighted by Gasteiger charge is -2.18. The van der Waals surface area contributed by atoms with Crippen molar-refractivity contribution in [2.75, 3.05) is 32.6 Å². The number of rotatable bonds is 7. The number of methoxy groups -OCH3 is 1. The number of ether oxygens (including phenoxy) is 1. The van der Waals surface area contributed by atoms with Crippen molar-refractivity contribution in [3.63, 3.8) is 0 Å². The monoisotopic (exact) mass is 349 g/mol. The molecule has 6 heteroatoms. The largest absolute Gasteiger partial charge is 0.495 e. The number of halogens is 1. The van der Waals surface area contributed by atoms with Crippen LogP contribution < -0.4 is 15.0 Å². The van der Waals surface area contributed by atoms with Gasteiger partial charge in [0.05, 0.1) is 19.8 Å². The fraction of sp³-hybridized carbons (Fsp3) is 0.278. The van der Waals surface area contributed by atoms with Crippen LogP contribution in [-0.2, 0) is 4.79 Å². The molecule has 0 aromatic heterocycles. The molecule has 0 spiro atoms. The van der Waals surface area contributed by atoms with Gasteiger partial charge >= 0.3 is 0 Å². The maximum absolute atomic E-state index is 12.2. The molecule has 128 valence electrons. The van der Waals surface area contributed by atoms with Crippen LogP contribution in [0.5, 0.6) is 5.75 Å². The Balaban J connectivity index is 1.91. The summed E-state index contributed by atoms with van der Waals surface area (Å²) in [6, 6.07) is 14.4. The quantitative estimate of drug-likeness (QED) is 0.710. The molecular formula is C18H22ClN2O3+. The lowest BCUT2D eigenvalue weighted by atomic mass is 10.1. The maximum Gasteiger partial charge on any atom is 0.279 e. The Kier molecular flexibility index (Phi) is 6.61. The summed E-state index contributed by atoms with van der Waals surface area (Å²) in [6.07, 6.45) is -0.611. The van der Waals surface area contributed by atoms with Crippen molar-refractivity contribution in [1.29, 1.82) is 0 Å². The Morgan fingerprint density at radius 2 is 2.00 bits per heavy atom. The number of aliphatic hydroxyl groups excluding tert-OH is 1. The van der Waals surface area contributed by atoms with Crippen LogP contribution in [-0.4, -0.2) is 38.3 Å². The van der Waals surface area contributed by atoms with Gasteiger partial charge in [-0.2, -0.15) is 0 Å². The first-order valence-corrected chi connectivity index (χ1v) is 8.05. The van der Waals surface area contributed by atoms with Gasteiger partial charge in [0.1, 0.15) is 18.4 Å². The van der Waals surface area contributed by atoms with Gasteiger partial charge in [-0.15, -0.1) is 0 Å². The number of nitrogens with one attached hydrogen (secondary N) is 2. The molecule has 0 radical (unpaired) electrons. The van der Waals surface area contributed by atoms with Crippen molar-refractivity contribution in [3.8, 4) is 5.75 Å². The van der Waals surface area contributed by atoms with Gasteiger partial charge < -0.3 is 20.1 Å². The summed E-state index contributed by atoms with van der Waals surface area (Å²) in [7, 11) is 3.40. The fourth-order valence-corrected chi connectivity index (χ4v) is 2.61. The SMILES string of the molecule is COc1ccc(Cl)cc1NC(=O)C[NH+](C)C[C@@H](O)c1ccccc1. The predicted molar refractivity (Wildman–Crippen MR) is 94.7 cm³/mol. The Morgan fingerprint density at radius 3 is 2.67 bits per heavy atom. The van der Waals surface area contributed by atoms with Gasteiger partial charge in [0.15, 0.2) is 6.54 Å². The summed E-state index contributed by atoms with van der Waals surface area (Å²) >= 11 is 5.95. The number of benzene rings is 2. The number of carbonyl (C=O) groups excluding carboxylic acids is 1. The van der Waals surface area contributed by atoms with Crippen LogP contribution in [0.15, 0.2) is 48.5 Å². The van der Waals surface area contributed by atoms with Crippen molar-refractivity contribution in [2.45, 2.75) is 6.10 Å². The zero-order valence-electron chi connectivity index (χ0n) is 13.8. The topological polar surface area (TPSA) is 63.0 Å². The van der Waals surface area contributed by atoms with E-state index in [4.69, 9.17) is 16.3 Å². The van der Waals surface area contributed by atoms with Crippen LogP contribution >= 0.6 is 11.6 Å². The van der Waals surface area contributed by atoms with Crippen molar-refractivity contribution >= 4 is 23.2 Å². The first kappa shape index (κ1) is 18.3. The highest BCUT2D eigenvalue weighted by molar-refractivity contribution is 6.31. The molecule has 0 aliphatic carbocycles. The number of hydrogen-bond donors (Lipinski definition) is 3. The van der Waals surface area contributed by atoms with Crippen molar-refractivity contribution < 1.29 is 19.5 Å². The first-order chi connectivity index (χ1) is 11.5. The van der Waals surface area contributed by atoms with E-state index in [9.17, 15) is 9.90 Å². The minimum Gasteiger partial charge on any atom is -0.495 e. The van der Waals surface area contributed by atoms with Gasteiger partial charge in [-0.05, 0) is 23.8 Å². The molecule has 2 rings (SSSR count). The van der Waals surface area contributed by atoms with Gasteiger partial charge in [-0.3, -0.25) is 4.79 Å². The average molecular weight is 350 g/mol. The standard InChI is InChI=1S/C18H21ClN2O3/c1-21(11-16(22)13-6-4-3-5-7-13)12-18(23)20-15-10-14(19)8-9-17(15)24-2/h3-10,16,22H,11-12H2,1-2H3,(H,20,23)/p+1/t16-/m1/s1. The minimum absolute atomic E-state index is 0.173. The molecule has 2 aromatic carbocycles. The molecule has 2 aromatic rings. The number of quaternary nitrogens is 1. The van der Waals surface area contributed by atoms with Crippen LogP contribution in [0.4, 0.5) is 5.69 Å². The minimum atomic E-state index is -0.611. The molecule has 1 unspecified atom stereocenters. The van der Waals surface area contributed by atoms with Crippen molar-refractivity contribution in [3.05, 3.63) is 59.1 Å². The second-order valence-electron chi connectivity index (χ2n) is 5.66. The van der Waals surface area contributed by atoms with Crippen LogP contribution in [0.1, 0.15) is 11.7 Å². The highest BCUT2D eigenvalue weighted by atomic mass is 35.5. The van der Waals surface area contributed by atoms with Gasteiger partial charge in [-0.1, -0.05) is 41.9 Å². The number of aliphatic hydroxyl groups is 1. The smallest absolute Gasteiger partial charge is 0.279 e. The molecule has 0 saturated heterocycles. The van der Waals surface area contributed by atoms with Crippen molar-refractivity contribution in [2.24, 2.45) is 0 Å². The average Bonchev–Trinajstić information content (AvgIpc) is 2.55. The Morgan fingerprint density at radius 1 is 1.29 bits per heavy atom. The molecule has 0 aliphatic rings. The van der Waals surface area contributed by atoms with E-state index in [1.54, 1.807) is 18.2 Å². The third-order valence-corrected chi connectivity index (χ3v) is 3.86. The molecule has 5 nitrogen and oxygen atoms in total. The predicted octanol–water partition coefficient (Wildman–Crippen LogP) is 1.54. The van der Waals surface area contributed by atoms with E-state index in [1.807, 2.05) is 37.4 Å². The summed E-state index contributed by atoms with van der Waals surface area (Å²) in [4.78, 5) is 13.1. The third-order valence-electron chi connectivity index (χ3n) is 3.62. The molecular weight excluding hydrogens is 328 g/mol. The summed E-state index contributed by atoms with van der Waals surface area (Å²) < 4.78 is 5.21. The number of amides is 1. The zero-order valence-corrected chi connectivity index (χ0v) is 14.5. The van der Waals surface area contributed by atoms with E-state index >= 15 is 0 Å². The van der Waals surface area contributed by atoms with E-state index < -0.39 is 6.10 Å². The van der Waals surface area contributed by atoms with Gasteiger partial charge in [0.2, 0.25) is 0 Å². The van der Waals surface area contributed by atoms with E-state index in [-0.39, 0.29) is 12.5 Å². The van der Waals surface area contributed by atoms with Crippen molar-refractivity contribution in [1.82, 2.24) is 0 Å². The summed E-state index contributed by atoms with van der Waals surface area (Å²) in [5, 5.41) is 13.5. The molecule has 3 N–H and O–H groups in total. The highest BCUT2D eigenvalue weighted by Gasteiger charge is 2.17. The third kappa shape index (κ3) is 5.23. The molecule has 24 heavy (non-hydrogen) atoms. The number of hydrogen-bond acceptors (Lipinski definition) is 3. The van der Waals surface area contributed by atoms with Crippen LogP contribution in [0, 0.1) is 0 Å². The molecule has 0 aliphatic heterocycles. The molecule has 0 bridgehead atoms. The molecule has 0 saturated carbocycles. The number of carbonyl (C=O) groups is 1. The summed E-state index contributed by atoms with van der Waals surface area (Å²) in [5.41, 5.74) is 1.38. The van der Waals surface area contributed by atoms with Gasteiger partial charge in [-0.25, -0.2) is 0 Å². The van der Waals surface area contributed by atoms with Crippen LogP contribution in [0.25, 0.3) is 0 Å².